The van der Waals surface area contributed by atoms with Crippen molar-refractivity contribution in [2.45, 2.75) is 33.3 Å². The number of aryl methyl sites for hydroxylation is 1. The first-order valence-electron chi connectivity index (χ1n) is 8.71. The zero-order valence-corrected chi connectivity index (χ0v) is 16.0. The smallest absolute Gasteiger partial charge is 0.414 e. The van der Waals surface area contributed by atoms with E-state index < -0.39 is 5.60 Å². The molecule has 0 atom stereocenters. The van der Waals surface area contributed by atoms with E-state index in [4.69, 9.17) is 14.2 Å². The molecule has 5 heteroatoms. The summed E-state index contributed by atoms with van der Waals surface area (Å²) in [6.07, 6.45) is -0.378. The molecule has 3 rings (SSSR count). The number of carbonyl (C=O) groups excluding carboxylic acids is 1. The number of benzene rings is 2. The van der Waals surface area contributed by atoms with Crippen LogP contribution in [0.1, 0.15) is 26.3 Å². The van der Waals surface area contributed by atoms with Crippen LogP contribution in [0.3, 0.4) is 0 Å². The molecule has 0 saturated carbocycles. The van der Waals surface area contributed by atoms with Gasteiger partial charge in [-0.25, -0.2) is 4.79 Å². The summed E-state index contributed by atoms with van der Waals surface area (Å²) in [5.41, 5.74) is 3.32. The zero-order valence-electron chi connectivity index (χ0n) is 16.0. The van der Waals surface area contributed by atoms with Gasteiger partial charge in [0.15, 0.2) is 11.5 Å². The average molecular weight is 355 g/mol. The van der Waals surface area contributed by atoms with Gasteiger partial charge < -0.3 is 14.2 Å². The maximum atomic E-state index is 12.4. The lowest BCUT2D eigenvalue weighted by Gasteiger charge is -2.25. The Morgan fingerprint density at radius 2 is 1.69 bits per heavy atom. The van der Waals surface area contributed by atoms with E-state index in [1.807, 2.05) is 58.0 Å². The van der Waals surface area contributed by atoms with Crippen LogP contribution in [0.2, 0.25) is 0 Å². The molecular weight excluding hydrogens is 330 g/mol. The van der Waals surface area contributed by atoms with Gasteiger partial charge in [0.25, 0.3) is 0 Å². The molecule has 138 valence electrons. The molecule has 0 aliphatic carbocycles. The molecule has 1 aliphatic rings. The third-order valence-corrected chi connectivity index (χ3v) is 3.99. The Morgan fingerprint density at radius 3 is 2.38 bits per heavy atom. The summed E-state index contributed by atoms with van der Waals surface area (Å²) < 4.78 is 16.7. The fourth-order valence-corrected chi connectivity index (χ4v) is 2.78. The highest BCUT2D eigenvalue weighted by Crippen LogP contribution is 2.36. The van der Waals surface area contributed by atoms with Gasteiger partial charge in [0.1, 0.15) is 18.8 Å². The third kappa shape index (κ3) is 4.10. The molecule has 0 aromatic heterocycles. The second kappa shape index (κ2) is 6.90. The van der Waals surface area contributed by atoms with E-state index in [0.29, 0.717) is 13.2 Å². The number of anilines is 1. The monoisotopic (exact) mass is 355 g/mol. The quantitative estimate of drug-likeness (QED) is 0.776. The van der Waals surface area contributed by atoms with Gasteiger partial charge in [-0.3, -0.25) is 4.90 Å². The van der Waals surface area contributed by atoms with Crippen molar-refractivity contribution in [2.75, 3.05) is 25.2 Å². The highest BCUT2D eigenvalue weighted by molar-refractivity contribution is 5.88. The van der Waals surface area contributed by atoms with Crippen LogP contribution in [0.25, 0.3) is 11.1 Å². The lowest BCUT2D eigenvalue weighted by atomic mass is 10.0. The maximum Gasteiger partial charge on any atom is 0.414 e. The minimum Gasteiger partial charge on any atom is -0.486 e. The van der Waals surface area contributed by atoms with Gasteiger partial charge in [0.2, 0.25) is 0 Å². The van der Waals surface area contributed by atoms with Gasteiger partial charge in [-0.05, 0) is 68.7 Å². The highest BCUT2D eigenvalue weighted by Gasteiger charge is 2.21. The average Bonchev–Trinajstić information content (AvgIpc) is 2.58. The van der Waals surface area contributed by atoms with E-state index >= 15 is 0 Å². The first-order chi connectivity index (χ1) is 12.2. The standard InChI is InChI=1S/C21H25NO4/c1-14-10-16(15-6-7-18-19(13-15)25-9-8-24-18)12-17(11-14)22(5)20(23)26-21(2,3)4/h6-7,10-13H,8-9H2,1-5H3. The predicted molar refractivity (Wildman–Crippen MR) is 102 cm³/mol. The summed E-state index contributed by atoms with van der Waals surface area (Å²) >= 11 is 0. The van der Waals surface area contributed by atoms with E-state index in [1.54, 1.807) is 7.05 Å². The van der Waals surface area contributed by atoms with Crippen LogP contribution >= 0.6 is 0 Å². The number of rotatable bonds is 2. The van der Waals surface area contributed by atoms with Crippen LogP contribution < -0.4 is 14.4 Å². The van der Waals surface area contributed by atoms with Gasteiger partial charge in [-0.1, -0.05) is 12.1 Å². The van der Waals surface area contributed by atoms with Gasteiger partial charge in [0.05, 0.1) is 0 Å². The number of nitrogens with zero attached hydrogens (tertiary/aromatic N) is 1. The van der Waals surface area contributed by atoms with Crippen LogP contribution in [-0.4, -0.2) is 32.0 Å². The largest absolute Gasteiger partial charge is 0.486 e. The summed E-state index contributed by atoms with van der Waals surface area (Å²) in [6, 6.07) is 11.9. The van der Waals surface area contributed by atoms with Crippen molar-refractivity contribution in [3.05, 3.63) is 42.0 Å². The van der Waals surface area contributed by atoms with Crippen LogP contribution in [0.15, 0.2) is 36.4 Å². The van der Waals surface area contributed by atoms with Crippen molar-refractivity contribution in [1.82, 2.24) is 0 Å². The first kappa shape index (κ1) is 18.1. The number of ether oxygens (including phenoxy) is 3. The fraction of sp³-hybridized carbons (Fsp3) is 0.381. The van der Waals surface area contributed by atoms with Crippen molar-refractivity contribution >= 4 is 11.8 Å². The Bertz CT molecular complexity index is 823. The van der Waals surface area contributed by atoms with E-state index in [9.17, 15) is 4.79 Å². The summed E-state index contributed by atoms with van der Waals surface area (Å²) in [7, 11) is 1.72. The van der Waals surface area contributed by atoms with E-state index in [1.165, 1.54) is 4.90 Å². The number of hydrogen-bond donors (Lipinski definition) is 0. The Morgan fingerprint density at radius 1 is 1.00 bits per heavy atom. The molecule has 1 amide bonds. The minimum absolute atomic E-state index is 0.378. The Balaban J connectivity index is 1.92. The van der Waals surface area contributed by atoms with E-state index in [2.05, 4.69) is 6.07 Å². The van der Waals surface area contributed by atoms with Crippen molar-refractivity contribution in [1.29, 1.82) is 0 Å². The molecule has 0 fully saturated rings. The molecule has 5 nitrogen and oxygen atoms in total. The molecule has 0 N–H and O–H groups in total. The molecule has 0 unspecified atom stereocenters. The molecular formula is C21H25NO4. The molecule has 2 aromatic rings. The number of amides is 1. The van der Waals surface area contributed by atoms with Crippen LogP contribution in [0, 0.1) is 6.92 Å². The Hall–Kier alpha value is -2.69. The van der Waals surface area contributed by atoms with Crippen molar-refractivity contribution < 1.29 is 19.0 Å². The predicted octanol–water partition coefficient (Wildman–Crippen LogP) is 4.80. The zero-order chi connectivity index (χ0) is 18.9. The fourth-order valence-electron chi connectivity index (χ4n) is 2.78. The number of carbonyl (C=O) groups is 1. The molecule has 1 heterocycles. The molecule has 2 aromatic carbocycles. The van der Waals surface area contributed by atoms with Crippen molar-refractivity contribution in [2.24, 2.45) is 0 Å². The van der Waals surface area contributed by atoms with Crippen LogP contribution in [0.4, 0.5) is 10.5 Å². The Kier molecular flexibility index (Phi) is 4.81. The van der Waals surface area contributed by atoms with E-state index in [0.717, 1.165) is 33.9 Å². The normalized spacial score (nSPS) is 13.3. The number of fused-ring (bicyclic) bond motifs is 1. The summed E-state index contributed by atoms with van der Waals surface area (Å²) in [5.74, 6) is 1.51. The second-order valence-electron chi connectivity index (χ2n) is 7.46. The second-order valence-corrected chi connectivity index (χ2v) is 7.46. The van der Waals surface area contributed by atoms with E-state index in [-0.39, 0.29) is 6.09 Å². The third-order valence-electron chi connectivity index (χ3n) is 3.99. The summed E-state index contributed by atoms with van der Waals surface area (Å²) in [6.45, 7) is 8.70. The van der Waals surface area contributed by atoms with Gasteiger partial charge >= 0.3 is 6.09 Å². The SMILES string of the molecule is Cc1cc(-c2ccc3c(c2)OCCO3)cc(N(C)C(=O)OC(C)(C)C)c1. The maximum absolute atomic E-state index is 12.4. The summed E-state index contributed by atoms with van der Waals surface area (Å²) in [5, 5.41) is 0. The molecule has 1 aliphatic heterocycles. The minimum atomic E-state index is -0.534. The van der Waals surface area contributed by atoms with Crippen LogP contribution in [0.5, 0.6) is 11.5 Å². The molecule has 0 radical (unpaired) electrons. The lowest BCUT2D eigenvalue weighted by molar-refractivity contribution is 0.0589. The first-order valence-corrected chi connectivity index (χ1v) is 8.71. The lowest BCUT2D eigenvalue weighted by Crippen LogP contribution is -2.34. The highest BCUT2D eigenvalue weighted by atomic mass is 16.6. The topological polar surface area (TPSA) is 48.0 Å². The molecule has 0 bridgehead atoms. The van der Waals surface area contributed by atoms with Gasteiger partial charge in [-0.2, -0.15) is 0 Å². The molecule has 0 saturated heterocycles. The number of hydrogen-bond acceptors (Lipinski definition) is 4. The van der Waals surface area contributed by atoms with Crippen molar-refractivity contribution in [3.63, 3.8) is 0 Å². The van der Waals surface area contributed by atoms with Crippen molar-refractivity contribution in [3.8, 4) is 22.6 Å². The van der Waals surface area contributed by atoms with Gasteiger partial charge in [0, 0.05) is 12.7 Å². The van der Waals surface area contributed by atoms with Crippen LogP contribution in [-0.2, 0) is 4.74 Å². The summed E-state index contributed by atoms with van der Waals surface area (Å²) in [4.78, 5) is 13.9. The van der Waals surface area contributed by atoms with Gasteiger partial charge in [-0.15, -0.1) is 0 Å². The molecule has 26 heavy (non-hydrogen) atoms. The molecule has 0 spiro atoms. The Labute approximate surface area is 154 Å².